The van der Waals surface area contributed by atoms with Crippen molar-refractivity contribution in [3.05, 3.63) is 58.0 Å². The summed E-state index contributed by atoms with van der Waals surface area (Å²) in [5.41, 5.74) is 0.682. The first-order valence-electron chi connectivity index (χ1n) is 7.58. The number of esters is 1. The molecule has 1 aromatic carbocycles. The number of ether oxygens (including phenoxy) is 1. The lowest BCUT2D eigenvalue weighted by atomic mass is 10.1. The quantitative estimate of drug-likeness (QED) is 0.698. The van der Waals surface area contributed by atoms with E-state index < -0.39 is 30.4 Å². The highest BCUT2D eigenvalue weighted by atomic mass is 35.5. The van der Waals surface area contributed by atoms with E-state index in [2.05, 4.69) is 10.6 Å². The lowest BCUT2D eigenvalue weighted by Crippen LogP contribution is -2.34. The predicted octanol–water partition coefficient (Wildman–Crippen LogP) is 2.74. The summed E-state index contributed by atoms with van der Waals surface area (Å²) in [4.78, 5) is 35.1. The fraction of sp³-hybridized carbons (Fsp3) is 0.235. The van der Waals surface area contributed by atoms with E-state index in [9.17, 15) is 14.4 Å². The molecule has 0 radical (unpaired) electrons. The standard InChI is InChI=1S/C17H16Cl2N2O5/c1-10(12-5-4-11(18)7-13(12)19)21-15(22)9-26-16(23)8-20-17(24)14-3-2-6-25-14/h2-7,10H,8-9H2,1H3,(H,20,24)(H,21,22). The van der Waals surface area contributed by atoms with Gasteiger partial charge in [0.2, 0.25) is 0 Å². The third-order valence-corrected chi connectivity index (χ3v) is 3.87. The van der Waals surface area contributed by atoms with E-state index in [1.54, 1.807) is 31.2 Å². The molecule has 0 aliphatic rings. The zero-order valence-electron chi connectivity index (χ0n) is 13.8. The van der Waals surface area contributed by atoms with Crippen LogP contribution in [-0.2, 0) is 14.3 Å². The van der Waals surface area contributed by atoms with Crippen LogP contribution in [0.1, 0.15) is 29.1 Å². The predicted molar refractivity (Wildman–Crippen MR) is 95.0 cm³/mol. The summed E-state index contributed by atoms with van der Waals surface area (Å²) in [5, 5.41) is 5.88. The van der Waals surface area contributed by atoms with Crippen LogP contribution in [0.15, 0.2) is 41.0 Å². The van der Waals surface area contributed by atoms with Gasteiger partial charge in [0.15, 0.2) is 12.4 Å². The van der Waals surface area contributed by atoms with Gasteiger partial charge in [0.25, 0.3) is 11.8 Å². The molecular formula is C17H16Cl2N2O5. The number of amides is 2. The maximum absolute atomic E-state index is 11.9. The number of carbonyl (C=O) groups is 3. The third kappa shape index (κ3) is 5.79. The van der Waals surface area contributed by atoms with Crippen LogP contribution in [0.5, 0.6) is 0 Å². The number of rotatable bonds is 7. The van der Waals surface area contributed by atoms with E-state index in [-0.39, 0.29) is 12.3 Å². The minimum absolute atomic E-state index is 0.0733. The Kier molecular flexibility index (Phi) is 7.06. The van der Waals surface area contributed by atoms with Crippen LogP contribution in [-0.4, -0.2) is 30.9 Å². The second kappa shape index (κ2) is 9.26. The average Bonchev–Trinajstić information content (AvgIpc) is 3.12. The van der Waals surface area contributed by atoms with E-state index in [1.165, 1.54) is 12.3 Å². The van der Waals surface area contributed by atoms with E-state index in [0.717, 1.165) is 0 Å². The molecule has 1 atom stereocenters. The summed E-state index contributed by atoms with van der Waals surface area (Å²) in [6.45, 7) is 0.870. The van der Waals surface area contributed by atoms with Gasteiger partial charge in [-0.1, -0.05) is 29.3 Å². The Hall–Kier alpha value is -2.51. The lowest BCUT2D eigenvalue weighted by Gasteiger charge is -2.16. The minimum Gasteiger partial charge on any atom is -0.459 e. The van der Waals surface area contributed by atoms with Gasteiger partial charge < -0.3 is 19.8 Å². The van der Waals surface area contributed by atoms with Crippen LogP contribution in [0, 0.1) is 0 Å². The topological polar surface area (TPSA) is 97.6 Å². The SMILES string of the molecule is CC(NC(=O)COC(=O)CNC(=O)c1ccco1)c1ccc(Cl)cc1Cl. The van der Waals surface area contributed by atoms with Gasteiger partial charge in [0.1, 0.15) is 6.54 Å². The second-order valence-corrected chi connectivity index (χ2v) is 6.12. The number of benzene rings is 1. The molecule has 9 heteroatoms. The van der Waals surface area contributed by atoms with Crippen LogP contribution in [0.3, 0.4) is 0 Å². The van der Waals surface area contributed by atoms with Gasteiger partial charge in [-0.25, -0.2) is 0 Å². The monoisotopic (exact) mass is 398 g/mol. The Morgan fingerprint density at radius 1 is 1.23 bits per heavy atom. The van der Waals surface area contributed by atoms with Crippen LogP contribution >= 0.6 is 23.2 Å². The zero-order valence-corrected chi connectivity index (χ0v) is 15.3. The Labute approximate surface area is 159 Å². The number of furan rings is 1. The zero-order chi connectivity index (χ0) is 19.1. The molecule has 0 saturated carbocycles. The maximum atomic E-state index is 11.9. The number of hydrogen-bond donors (Lipinski definition) is 2. The fourth-order valence-corrected chi connectivity index (χ4v) is 2.63. The molecule has 2 rings (SSSR count). The summed E-state index contributed by atoms with van der Waals surface area (Å²) >= 11 is 11.9. The largest absolute Gasteiger partial charge is 0.459 e. The Morgan fingerprint density at radius 3 is 2.65 bits per heavy atom. The maximum Gasteiger partial charge on any atom is 0.325 e. The molecule has 0 bridgehead atoms. The van der Waals surface area contributed by atoms with Gasteiger partial charge in [-0.05, 0) is 36.8 Å². The first-order valence-corrected chi connectivity index (χ1v) is 8.34. The van der Waals surface area contributed by atoms with Crippen molar-refractivity contribution in [3.63, 3.8) is 0 Å². The molecular weight excluding hydrogens is 383 g/mol. The molecule has 138 valence electrons. The first-order chi connectivity index (χ1) is 12.4. The van der Waals surface area contributed by atoms with E-state index in [0.29, 0.717) is 15.6 Å². The molecule has 2 N–H and O–H groups in total. The van der Waals surface area contributed by atoms with Crippen molar-refractivity contribution in [2.75, 3.05) is 13.2 Å². The van der Waals surface area contributed by atoms with Crippen molar-refractivity contribution in [2.45, 2.75) is 13.0 Å². The van der Waals surface area contributed by atoms with Gasteiger partial charge in [0.05, 0.1) is 12.3 Å². The van der Waals surface area contributed by atoms with Gasteiger partial charge in [0, 0.05) is 10.0 Å². The van der Waals surface area contributed by atoms with Gasteiger partial charge in [-0.2, -0.15) is 0 Å². The van der Waals surface area contributed by atoms with E-state index in [4.69, 9.17) is 32.4 Å². The van der Waals surface area contributed by atoms with Crippen molar-refractivity contribution >= 4 is 41.0 Å². The van der Waals surface area contributed by atoms with Gasteiger partial charge in [-0.15, -0.1) is 0 Å². The molecule has 1 unspecified atom stereocenters. The number of hydrogen-bond acceptors (Lipinski definition) is 5. The van der Waals surface area contributed by atoms with Crippen molar-refractivity contribution in [2.24, 2.45) is 0 Å². The summed E-state index contributed by atoms with van der Waals surface area (Å²) in [5.74, 6) is -1.74. The van der Waals surface area contributed by atoms with E-state index in [1.807, 2.05) is 0 Å². The van der Waals surface area contributed by atoms with Gasteiger partial charge in [-0.3, -0.25) is 14.4 Å². The highest BCUT2D eigenvalue weighted by Gasteiger charge is 2.15. The number of carbonyl (C=O) groups excluding carboxylic acids is 3. The lowest BCUT2D eigenvalue weighted by molar-refractivity contribution is -0.147. The molecule has 0 spiro atoms. The third-order valence-electron chi connectivity index (χ3n) is 3.31. The average molecular weight is 399 g/mol. The highest BCUT2D eigenvalue weighted by Crippen LogP contribution is 2.25. The Bertz CT molecular complexity index is 792. The summed E-state index contributed by atoms with van der Waals surface area (Å²) in [6, 6.07) is 7.54. The number of halogens is 2. The van der Waals surface area contributed by atoms with Gasteiger partial charge >= 0.3 is 5.97 Å². The number of nitrogens with one attached hydrogen (secondary N) is 2. The smallest absolute Gasteiger partial charge is 0.325 e. The molecule has 1 aromatic heterocycles. The van der Waals surface area contributed by atoms with Crippen molar-refractivity contribution in [1.29, 1.82) is 0 Å². The summed E-state index contributed by atoms with van der Waals surface area (Å²) in [7, 11) is 0. The molecule has 1 heterocycles. The van der Waals surface area contributed by atoms with Crippen LogP contribution in [0.25, 0.3) is 0 Å². The molecule has 26 heavy (non-hydrogen) atoms. The Morgan fingerprint density at radius 2 is 2.00 bits per heavy atom. The molecule has 7 nitrogen and oxygen atoms in total. The van der Waals surface area contributed by atoms with Crippen LogP contribution < -0.4 is 10.6 Å². The highest BCUT2D eigenvalue weighted by molar-refractivity contribution is 6.35. The molecule has 0 aliphatic heterocycles. The van der Waals surface area contributed by atoms with E-state index >= 15 is 0 Å². The summed E-state index contributed by atoms with van der Waals surface area (Å²) < 4.78 is 9.69. The second-order valence-electron chi connectivity index (χ2n) is 5.28. The minimum atomic E-state index is -0.753. The molecule has 0 aliphatic carbocycles. The molecule has 2 aromatic rings. The van der Waals surface area contributed by atoms with Crippen molar-refractivity contribution < 1.29 is 23.5 Å². The molecule has 0 saturated heterocycles. The molecule has 0 fully saturated rings. The first kappa shape index (κ1) is 19.8. The fourth-order valence-electron chi connectivity index (χ4n) is 2.06. The van der Waals surface area contributed by atoms with Crippen molar-refractivity contribution in [1.82, 2.24) is 10.6 Å². The normalized spacial score (nSPS) is 11.5. The van der Waals surface area contributed by atoms with Crippen LogP contribution in [0.2, 0.25) is 10.0 Å². The van der Waals surface area contributed by atoms with Crippen molar-refractivity contribution in [3.8, 4) is 0 Å². The van der Waals surface area contributed by atoms with Crippen LogP contribution in [0.4, 0.5) is 0 Å². The molecule has 2 amide bonds. The summed E-state index contributed by atoms with van der Waals surface area (Å²) in [6.07, 6.45) is 1.34. The Balaban J connectivity index is 1.73.